The molecule has 2 unspecified atom stereocenters. The molecule has 1 fully saturated rings. The lowest BCUT2D eigenvalue weighted by atomic mass is 10.1. The van der Waals surface area contributed by atoms with Gasteiger partial charge in [0.05, 0.1) is 30.4 Å². The Labute approximate surface area is 135 Å². The van der Waals surface area contributed by atoms with Gasteiger partial charge in [-0.25, -0.2) is 0 Å². The molecule has 6 heteroatoms. The molecule has 3 rings (SSSR count). The molecule has 1 aromatic rings. The third kappa shape index (κ3) is 3.15. The number of morpholine rings is 1. The molecule has 0 saturated carbocycles. The van der Waals surface area contributed by atoms with Crippen LogP contribution in [-0.4, -0.2) is 49.3 Å². The number of hydrogen-bond acceptors (Lipinski definition) is 4. The minimum atomic E-state index is -0.0560. The van der Waals surface area contributed by atoms with Gasteiger partial charge in [-0.3, -0.25) is 4.79 Å². The van der Waals surface area contributed by atoms with Crippen molar-refractivity contribution in [2.45, 2.75) is 32.5 Å². The second-order valence-corrected chi connectivity index (χ2v) is 6.21. The van der Waals surface area contributed by atoms with Gasteiger partial charge in [0.15, 0.2) is 11.5 Å². The maximum absolute atomic E-state index is 12.7. The Balaban J connectivity index is 1.86. The Hall–Kier alpha value is -1.46. The zero-order valence-electron chi connectivity index (χ0n) is 12.8. The summed E-state index contributed by atoms with van der Waals surface area (Å²) in [6.07, 6.45) is 0.861. The molecule has 5 nitrogen and oxygen atoms in total. The topological polar surface area (TPSA) is 48.0 Å². The lowest BCUT2D eigenvalue weighted by Crippen LogP contribution is -2.48. The highest BCUT2D eigenvalue weighted by Crippen LogP contribution is 2.38. The van der Waals surface area contributed by atoms with Crippen LogP contribution >= 0.6 is 11.6 Å². The Kier molecular flexibility index (Phi) is 4.45. The number of benzene rings is 1. The van der Waals surface area contributed by atoms with Crippen LogP contribution in [0.15, 0.2) is 12.1 Å². The van der Waals surface area contributed by atoms with Crippen molar-refractivity contribution in [3.63, 3.8) is 0 Å². The van der Waals surface area contributed by atoms with Crippen LogP contribution in [0.2, 0.25) is 5.02 Å². The summed E-state index contributed by atoms with van der Waals surface area (Å²) in [4.78, 5) is 14.5. The highest BCUT2D eigenvalue weighted by Gasteiger charge is 2.28. The molecule has 0 spiro atoms. The number of nitrogens with zero attached hydrogens (tertiary/aromatic N) is 1. The van der Waals surface area contributed by atoms with Gasteiger partial charge < -0.3 is 19.1 Å². The third-order valence-corrected chi connectivity index (χ3v) is 4.04. The van der Waals surface area contributed by atoms with E-state index in [1.807, 2.05) is 13.8 Å². The van der Waals surface area contributed by atoms with Crippen LogP contribution in [0.5, 0.6) is 11.5 Å². The van der Waals surface area contributed by atoms with Gasteiger partial charge in [0.25, 0.3) is 5.91 Å². The number of rotatable bonds is 1. The molecule has 2 aliphatic rings. The molecule has 2 aliphatic heterocycles. The number of halogens is 1. The monoisotopic (exact) mass is 325 g/mol. The van der Waals surface area contributed by atoms with Crippen molar-refractivity contribution in [2.75, 3.05) is 26.3 Å². The van der Waals surface area contributed by atoms with Crippen molar-refractivity contribution in [3.05, 3.63) is 22.7 Å². The van der Waals surface area contributed by atoms with Gasteiger partial charge >= 0.3 is 0 Å². The Morgan fingerprint density at radius 3 is 2.59 bits per heavy atom. The van der Waals surface area contributed by atoms with E-state index in [0.717, 1.165) is 6.42 Å². The number of carbonyl (C=O) groups is 1. The van der Waals surface area contributed by atoms with Crippen molar-refractivity contribution >= 4 is 17.5 Å². The molecule has 1 saturated heterocycles. The van der Waals surface area contributed by atoms with Crippen LogP contribution in [0.25, 0.3) is 0 Å². The van der Waals surface area contributed by atoms with Gasteiger partial charge in [0.2, 0.25) is 0 Å². The average Bonchev–Trinajstić information content (AvgIpc) is 2.71. The Morgan fingerprint density at radius 2 is 1.86 bits per heavy atom. The lowest BCUT2D eigenvalue weighted by Gasteiger charge is -2.35. The molecule has 0 radical (unpaired) electrons. The molecule has 0 bridgehead atoms. The van der Waals surface area contributed by atoms with Crippen LogP contribution in [0.4, 0.5) is 0 Å². The summed E-state index contributed by atoms with van der Waals surface area (Å²) in [6.45, 7) is 6.23. The molecule has 1 amide bonds. The average molecular weight is 326 g/mol. The predicted molar refractivity (Wildman–Crippen MR) is 83.0 cm³/mol. The fraction of sp³-hybridized carbons (Fsp3) is 0.562. The van der Waals surface area contributed by atoms with Crippen LogP contribution in [0.1, 0.15) is 30.6 Å². The van der Waals surface area contributed by atoms with Gasteiger partial charge in [0, 0.05) is 25.1 Å². The van der Waals surface area contributed by atoms with Crippen molar-refractivity contribution in [3.8, 4) is 11.5 Å². The van der Waals surface area contributed by atoms with E-state index < -0.39 is 0 Å². The van der Waals surface area contributed by atoms with Crippen LogP contribution < -0.4 is 9.47 Å². The molecule has 0 aliphatic carbocycles. The summed E-state index contributed by atoms with van der Waals surface area (Å²) in [7, 11) is 0. The zero-order valence-corrected chi connectivity index (χ0v) is 13.6. The summed E-state index contributed by atoms with van der Waals surface area (Å²) in [6, 6.07) is 3.38. The second-order valence-electron chi connectivity index (χ2n) is 5.80. The number of carbonyl (C=O) groups excluding carboxylic acids is 1. The number of ether oxygens (including phenoxy) is 3. The minimum absolute atomic E-state index is 0.0311. The van der Waals surface area contributed by atoms with Crippen LogP contribution in [0.3, 0.4) is 0 Å². The number of hydrogen-bond donors (Lipinski definition) is 0. The highest BCUT2D eigenvalue weighted by molar-refractivity contribution is 6.32. The summed E-state index contributed by atoms with van der Waals surface area (Å²) in [5.41, 5.74) is 0.524. The zero-order chi connectivity index (χ0) is 15.7. The second kappa shape index (κ2) is 6.34. The summed E-state index contributed by atoms with van der Waals surface area (Å²) in [5, 5.41) is 0.414. The van der Waals surface area contributed by atoms with Crippen LogP contribution in [-0.2, 0) is 4.74 Å². The molecule has 2 atom stereocenters. The maximum atomic E-state index is 12.7. The highest BCUT2D eigenvalue weighted by atomic mass is 35.5. The fourth-order valence-corrected chi connectivity index (χ4v) is 3.15. The SMILES string of the molecule is CC1CN(C(=O)c2cc(Cl)c3c(c2)OCCCO3)CC(C)O1. The molecular formula is C16H20ClNO4. The Bertz CT molecular complexity index is 568. The third-order valence-electron chi connectivity index (χ3n) is 3.76. The van der Waals surface area contributed by atoms with Gasteiger partial charge in [-0.1, -0.05) is 11.6 Å². The molecule has 2 heterocycles. The van der Waals surface area contributed by atoms with E-state index in [-0.39, 0.29) is 18.1 Å². The minimum Gasteiger partial charge on any atom is -0.489 e. The van der Waals surface area contributed by atoms with E-state index in [4.69, 9.17) is 25.8 Å². The molecule has 22 heavy (non-hydrogen) atoms. The van der Waals surface area contributed by atoms with Crippen molar-refractivity contribution < 1.29 is 19.0 Å². The van der Waals surface area contributed by atoms with E-state index in [9.17, 15) is 4.79 Å². The first-order valence-electron chi connectivity index (χ1n) is 7.58. The largest absolute Gasteiger partial charge is 0.489 e. The quantitative estimate of drug-likeness (QED) is 0.796. The standard InChI is InChI=1S/C16H20ClNO4/c1-10-8-18(9-11(2)22-10)16(19)12-6-13(17)15-14(7-12)20-4-3-5-21-15/h6-7,10-11H,3-5,8-9H2,1-2H3. The van der Waals surface area contributed by atoms with E-state index in [1.54, 1.807) is 17.0 Å². The van der Waals surface area contributed by atoms with Gasteiger partial charge in [-0.15, -0.1) is 0 Å². The van der Waals surface area contributed by atoms with E-state index >= 15 is 0 Å². The molecule has 0 N–H and O–H groups in total. The first kappa shape index (κ1) is 15.4. The van der Waals surface area contributed by atoms with E-state index in [1.165, 1.54) is 0 Å². The van der Waals surface area contributed by atoms with Crippen molar-refractivity contribution in [1.29, 1.82) is 0 Å². The Morgan fingerprint density at radius 1 is 1.18 bits per heavy atom. The molecule has 120 valence electrons. The number of fused-ring (bicyclic) bond motifs is 1. The molecule has 1 aromatic carbocycles. The maximum Gasteiger partial charge on any atom is 0.254 e. The smallest absolute Gasteiger partial charge is 0.254 e. The molecule has 0 aromatic heterocycles. The first-order chi connectivity index (χ1) is 10.5. The fourth-order valence-electron chi connectivity index (χ4n) is 2.88. The normalized spacial score (nSPS) is 24.8. The van der Waals surface area contributed by atoms with Gasteiger partial charge in [-0.2, -0.15) is 0 Å². The summed E-state index contributed by atoms with van der Waals surface area (Å²) < 4.78 is 16.9. The van der Waals surface area contributed by atoms with E-state index in [0.29, 0.717) is 48.4 Å². The predicted octanol–water partition coefficient (Wildman–Crippen LogP) is 2.75. The summed E-state index contributed by atoms with van der Waals surface area (Å²) >= 11 is 6.26. The van der Waals surface area contributed by atoms with Gasteiger partial charge in [0.1, 0.15) is 0 Å². The lowest BCUT2D eigenvalue weighted by molar-refractivity contribution is -0.0586. The first-order valence-corrected chi connectivity index (χ1v) is 7.96. The van der Waals surface area contributed by atoms with Gasteiger partial charge in [-0.05, 0) is 26.0 Å². The summed E-state index contributed by atoms with van der Waals surface area (Å²) in [5.74, 6) is 1.02. The number of amides is 1. The van der Waals surface area contributed by atoms with Crippen molar-refractivity contribution in [2.24, 2.45) is 0 Å². The van der Waals surface area contributed by atoms with Crippen LogP contribution in [0, 0.1) is 0 Å². The van der Waals surface area contributed by atoms with E-state index in [2.05, 4.69) is 0 Å². The molecular weight excluding hydrogens is 306 g/mol. The van der Waals surface area contributed by atoms with Crippen molar-refractivity contribution in [1.82, 2.24) is 4.90 Å².